The SMILES string of the molecule is CC(C)(C)OC(=O)N1CCCC(=O)C1Cc1ccccc1. The molecule has 4 heteroatoms. The number of ether oxygens (including phenoxy) is 1. The van der Waals surface area contributed by atoms with Crippen LogP contribution in [0.25, 0.3) is 0 Å². The van der Waals surface area contributed by atoms with Crippen molar-refractivity contribution >= 4 is 11.9 Å². The maximum absolute atomic E-state index is 12.3. The summed E-state index contributed by atoms with van der Waals surface area (Å²) in [5.41, 5.74) is 0.515. The number of benzene rings is 1. The zero-order valence-electron chi connectivity index (χ0n) is 13.0. The van der Waals surface area contributed by atoms with Crippen molar-refractivity contribution in [2.24, 2.45) is 0 Å². The van der Waals surface area contributed by atoms with Gasteiger partial charge in [0, 0.05) is 19.4 Å². The van der Waals surface area contributed by atoms with Gasteiger partial charge in [-0.15, -0.1) is 0 Å². The minimum atomic E-state index is -0.547. The molecule has 0 bridgehead atoms. The highest BCUT2D eigenvalue weighted by Crippen LogP contribution is 2.21. The zero-order chi connectivity index (χ0) is 15.5. The number of hydrogen-bond donors (Lipinski definition) is 0. The summed E-state index contributed by atoms with van der Waals surface area (Å²) in [5.74, 6) is 0.121. The normalized spacial score (nSPS) is 19.5. The molecule has 0 radical (unpaired) electrons. The number of ketones is 1. The molecule has 0 aliphatic carbocycles. The lowest BCUT2D eigenvalue weighted by molar-refractivity contribution is -0.126. The summed E-state index contributed by atoms with van der Waals surface area (Å²) in [6.45, 7) is 6.09. The van der Waals surface area contributed by atoms with Crippen molar-refractivity contribution in [3.8, 4) is 0 Å². The first-order chi connectivity index (χ1) is 9.87. The molecule has 0 saturated carbocycles. The molecule has 1 atom stereocenters. The van der Waals surface area contributed by atoms with Crippen LogP contribution < -0.4 is 0 Å². The van der Waals surface area contributed by atoms with Crippen LogP contribution in [0.4, 0.5) is 4.79 Å². The van der Waals surface area contributed by atoms with Crippen LogP contribution >= 0.6 is 0 Å². The molecular formula is C17H23NO3. The summed E-state index contributed by atoms with van der Waals surface area (Å²) >= 11 is 0. The van der Waals surface area contributed by atoms with Gasteiger partial charge in [0.1, 0.15) is 5.60 Å². The van der Waals surface area contributed by atoms with E-state index in [2.05, 4.69) is 0 Å². The summed E-state index contributed by atoms with van der Waals surface area (Å²) < 4.78 is 5.43. The Morgan fingerprint density at radius 1 is 1.29 bits per heavy atom. The molecular weight excluding hydrogens is 266 g/mol. The van der Waals surface area contributed by atoms with Gasteiger partial charge in [0.2, 0.25) is 0 Å². The van der Waals surface area contributed by atoms with Crippen LogP contribution in [-0.2, 0) is 16.0 Å². The van der Waals surface area contributed by atoms with E-state index >= 15 is 0 Å². The molecule has 1 aliphatic heterocycles. The number of amides is 1. The molecule has 0 spiro atoms. The molecule has 0 aromatic heterocycles. The quantitative estimate of drug-likeness (QED) is 0.840. The highest BCUT2D eigenvalue weighted by atomic mass is 16.6. The van der Waals surface area contributed by atoms with Crippen LogP contribution in [-0.4, -0.2) is 35.0 Å². The van der Waals surface area contributed by atoms with Gasteiger partial charge < -0.3 is 4.74 Å². The fourth-order valence-electron chi connectivity index (χ4n) is 2.52. The minimum absolute atomic E-state index is 0.121. The Hall–Kier alpha value is -1.84. The first-order valence-corrected chi connectivity index (χ1v) is 7.43. The third-order valence-corrected chi connectivity index (χ3v) is 3.47. The predicted molar refractivity (Wildman–Crippen MR) is 81.1 cm³/mol. The van der Waals surface area contributed by atoms with Crippen LogP contribution in [0, 0.1) is 0 Å². The second-order valence-corrected chi connectivity index (χ2v) is 6.45. The number of rotatable bonds is 2. The van der Waals surface area contributed by atoms with Crippen molar-refractivity contribution in [1.82, 2.24) is 4.90 Å². The molecule has 1 fully saturated rings. The lowest BCUT2D eigenvalue weighted by atomic mass is 9.95. The summed E-state index contributed by atoms with van der Waals surface area (Å²) in [6.07, 6.45) is 1.41. The van der Waals surface area contributed by atoms with E-state index < -0.39 is 17.7 Å². The molecule has 2 rings (SSSR count). The number of piperidine rings is 1. The average Bonchev–Trinajstić information content (AvgIpc) is 2.40. The first-order valence-electron chi connectivity index (χ1n) is 7.43. The van der Waals surface area contributed by atoms with Gasteiger partial charge in [0.05, 0.1) is 6.04 Å². The molecule has 21 heavy (non-hydrogen) atoms. The molecule has 0 N–H and O–H groups in total. The number of Topliss-reactive ketones (excluding diaryl/α,β-unsaturated/α-hetero) is 1. The van der Waals surface area contributed by atoms with Crippen LogP contribution in [0.1, 0.15) is 39.2 Å². The molecule has 4 nitrogen and oxygen atoms in total. The average molecular weight is 289 g/mol. The highest BCUT2D eigenvalue weighted by molar-refractivity contribution is 5.88. The number of carbonyl (C=O) groups is 2. The fraction of sp³-hybridized carbons (Fsp3) is 0.529. The fourth-order valence-corrected chi connectivity index (χ4v) is 2.52. The molecule has 1 saturated heterocycles. The van der Waals surface area contributed by atoms with E-state index in [-0.39, 0.29) is 5.78 Å². The van der Waals surface area contributed by atoms with Crippen molar-refractivity contribution in [1.29, 1.82) is 0 Å². The van der Waals surface area contributed by atoms with Crippen LogP contribution in [0.15, 0.2) is 30.3 Å². The third kappa shape index (κ3) is 4.31. The van der Waals surface area contributed by atoms with Crippen LogP contribution in [0.2, 0.25) is 0 Å². The molecule has 1 aromatic rings. The van der Waals surface area contributed by atoms with Gasteiger partial charge >= 0.3 is 6.09 Å². The number of carbonyl (C=O) groups excluding carboxylic acids is 2. The summed E-state index contributed by atoms with van der Waals surface area (Å²) in [7, 11) is 0. The molecule has 114 valence electrons. The Balaban J connectivity index is 2.13. The first kappa shape index (κ1) is 15.5. The van der Waals surface area contributed by atoms with Crippen molar-refractivity contribution in [2.45, 2.75) is 51.7 Å². The summed E-state index contributed by atoms with van der Waals surface area (Å²) in [4.78, 5) is 26.1. The molecule has 1 aliphatic rings. The van der Waals surface area contributed by atoms with E-state index in [9.17, 15) is 9.59 Å². The minimum Gasteiger partial charge on any atom is -0.444 e. The number of nitrogens with zero attached hydrogens (tertiary/aromatic N) is 1. The van der Waals surface area contributed by atoms with Crippen molar-refractivity contribution in [3.05, 3.63) is 35.9 Å². The molecule has 1 amide bonds. The third-order valence-electron chi connectivity index (χ3n) is 3.47. The largest absolute Gasteiger partial charge is 0.444 e. The molecule has 1 heterocycles. The van der Waals surface area contributed by atoms with Gasteiger partial charge in [-0.1, -0.05) is 30.3 Å². The number of hydrogen-bond acceptors (Lipinski definition) is 3. The van der Waals surface area contributed by atoms with Crippen LogP contribution in [0.3, 0.4) is 0 Å². The van der Waals surface area contributed by atoms with Gasteiger partial charge in [0.15, 0.2) is 5.78 Å². The summed E-state index contributed by atoms with van der Waals surface area (Å²) in [5, 5.41) is 0. The van der Waals surface area contributed by atoms with Gasteiger partial charge in [-0.2, -0.15) is 0 Å². The number of likely N-dealkylation sites (tertiary alicyclic amines) is 1. The summed E-state index contributed by atoms with van der Waals surface area (Å²) in [6, 6.07) is 9.39. The smallest absolute Gasteiger partial charge is 0.410 e. The van der Waals surface area contributed by atoms with Gasteiger partial charge in [-0.05, 0) is 32.8 Å². The van der Waals surface area contributed by atoms with E-state index in [1.165, 1.54) is 0 Å². The maximum atomic E-state index is 12.3. The van der Waals surface area contributed by atoms with Gasteiger partial charge in [0.25, 0.3) is 0 Å². The second-order valence-electron chi connectivity index (χ2n) is 6.45. The van der Waals surface area contributed by atoms with Gasteiger partial charge in [-0.3, -0.25) is 9.69 Å². The Morgan fingerprint density at radius 2 is 1.95 bits per heavy atom. The van der Waals surface area contributed by atoms with Gasteiger partial charge in [-0.25, -0.2) is 4.79 Å². The second kappa shape index (κ2) is 6.29. The standard InChI is InChI=1S/C17H23NO3/c1-17(2,3)21-16(20)18-11-7-10-15(19)14(18)12-13-8-5-4-6-9-13/h4-6,8-9,14H,7,10-12H2,1-3H3. The van der Waals surface area contributed by atoms with Crippen molar-refractivity contribution < 1.29 is 14.3 Å². The van der Waals surface area contributed by atoms with Crippen molar-refractivity contribution in [2.75, 3.05) is 6.54 Å². The van der Waals surface area contributed by atoms with Crippen LogP contribution in [0.5, 0.6) is 0 Å². The van der Waals surface area contributed by atoms with E-state index in [1.807, 2.05) is 51.1 Å². The topological polar surface area (TPSA) is 46.6 Å². The van der Waals surface area contributed by atoms with E-state index in [0.717, 1.165) is 5.56 Å². The Bertz CT molecular complexity index is 505. The Kier molecular flexibility index (Phi) is 4.66. The molecule has 1 unspecified atom stereocenters. The van der Waals surface area contributed by atoms with Crippen molar-refractivity contribution in [3.63, 3.8) is 0 Å². The Labute approximate surface area is 126 Å². The maximum Gasteiger partial charge on any atom is 0.410 e. The highest BCUT2D eigenvalue weighted by Gasteiger charge is 2.35. The predicted octanol–water partition coefficient (Wildman–Crippen LogP) is 3.20. The van der Waals surface area contributed by atoms with E-state index in [4.69, 9.17) is 4.74 Å². The Morgan fingerprint density at radius 3 is 2.57 bits per heavy atom. The molecule has 1 aromatic carbocycles. The van der Waals surface area contributed by atoms with E-state index in [1.54, 1.807) is 4.90 Å². The van der Waals surface area contributed by atoms with E-state index in [0.29, 0.717) is 25.8 Å². The zero-order valence-corrected chi connectivity index (χ0v) is 13.0. The lowest BCUT2D eigenvalue weighted by Gasteiger charge is -2.35. The monoisotopic (exact) mass is 289 g/mol. The lowest BCUT2D eigenvalue weighted by Crippen LogP contribution is -2.51.